The van der Waals surface area contributed by atoms with Crippen molar-refractivity contribution in [3.05, 3.63) is 170 Å². The fourth-order valence-electron chi connectivity index (χ4n) is 5.77. The average Bonchev–Trinajstić information content (AvgIpc) is 3.72. The van der Waals surface area contributed by atoms with Crippen molar-refractivity contribution in [2.75, 3.05) is 0 Å². The van der Waals surface area contributed by atoms with Crippen LogP contribution in [0.15, 0.2) is 184 Å². The number of phenolic OH excluding ortho intramolecular Hbond substituents is 2. The summed E-state index contributed by atoms with van der Waals surface area (Å²) in [7, 11) is -10.9. The van der Waals surface area contributed by atoms with Crippen LogP contribution in [0.5, 0.6) is 46.0 Å². The smallest absolute Gasteiger partial charge is 0.449 e. The van der Waals surface area contributed by atoms with Crippen LogP contribution in [-0.4, -0.2) is 27.6 Å². The largest absolute Gasteiger partial charge is 0.508 e. The molecule has 0 saturated carbocycles. The molecule has 5 atom stereocenters. The van der Waals surface area contributed by atoms with Crippen LogP contribution in [0.25, 0.3) is 0 Å². The van der Waals surface area contributed by atoms with E-state index >= 15 is 0 Å². The van der Waals surface area contributed by atoms with Gasteiger partial charge in [0.2, 0.25) is 7.28 Å². The zero-order chi connectivity index (χ0) is 37.0. The van der Waals surface area contributed by atoms with Crippen LogP contribution in [0.3, 0.4) is 0 Å². The molecule has 0 spiro atoms. The summed E-state index contributed by atoms with van der Waals surface area (Å²) in [6, 6.07) is 50.3. The van der Waals surface area contributed by atoms with Gasteiger partial charge >= 0.3 is 15.2 Å². The van der Waals surface area contributed by atoms with E-state index < -0.39 is 39.9 Å². The molecule has 1 saturated heterocycles. The van der Waals surface area contributed by atoms with E-state index in [1.807, 2.05) is 122 Å². The number of fused-ring (bicyclic) bond motifs is 1. The highest BCUT2D eigenvalue weighted by Gasteiger charge is 2.68. The van der Waals surface area contributed by atoms with Gasteiger partial charge in [0, 0.05) is 18.2 Å². The lowest BCUT2D eigenvalue weighted by atomic mass is 10.3. The molecule has 14 heteroatoms. The van der Waals surface area contributed by atoms with E-state index in [0.29, 0.717) is 28.7 Å². The summed E-state index contributed by atoms with van der Waals surface area (Å²) in [6.45, 7) is 1.85. The molecule has 2 N–H and O–H groups in total. The van der Waals surface area contributed by atoms with Crippen molar-refractivity contribution in [1.29, 1.82) is 0 Å². The molecular formula is C40H36N3O8P3. The summed E-state index contributed by atoms with van der Waals surface area (Å²) >= 11 is 0. The molecule has 0 bridgehead atoms. The van der Waals surface area contributed by atoms with E-state index in [1.165, 1.54) is 18.2 Å². The van der Waals surface area contributed by atoms with E-state index in [0.717, 1.165) is 0 Å². The second kappa shape index (κ2) is 15.0. The third-order valence-corrected chi connectivity index (χ3v) is 17.1. The number of benzene rings is 6. The Balaban J connectivity index is 1.43. The summed E-state index contributed by atoms with van der Waals surface area (Å²) in [5, 5.41) is 21.1. The number of phenols is 2. The average molecular weight is 780 g/mol. The minimum atomic E-state index is -3.93. The molecule has 2 aliphatic rings. The van der Waals surface area contributed by atoms with Gasteiger partial charge in [0.1, 0.15) is 46.0 Å². The van der Waals surface area contributed by atoms with Crippen LogP contribution in [0.1, 0.15) is 6.92 Å². The van der Waals surface area contributed by atoms with Gasteiger partial charge in [-0.05, 0) is 67.6 Å². The maximum Gasteiger partial charge on any atom is 0.449 e. The highest BCUT2D eigenvalue weighted by molar-refractivity contribution is 7.74. The van der Waals surface area contributed by atoms with Crippen LogP contribution in [0.4, 0.5) is 0 Å². The van der Waals surface area contributed by atoms with E-state index in [9.17, 15) is 10.2 Å². The van der Waals surface area contributed by atoms with E-state index in [4.69, 9.17) is 41.4 Å². The van der Waals surface area contributed by atoms with Gasteiger partial charge in [-0.25, -0.2) is 4.74 Å². The highest BCUT2D eigenvalue weighted by atomic mass is 31.2. The molecule has 0 aromatic heterocycles. The van der Waals surface area contributed by atoms with Crippen molar-refractivity contribution >= 4 is 22.4 Å². The van der Waals surface area contributed by atoms with Crippen molar-refractivity contribution in [3.8, 4) is 46.0 Å². The summed E-state index contributed by atoms with van der Waals surface area (Å²) in [5.74, 6) is -0.0233. The molecule has 54 heavy (non-hydrogen) atoms. The molecule has 274 valence electrons. The van der Waals surface area contributed by atoms with Crippen LogP contribution in [-0.2, 0) is 0 Å². The second-order valence-electron chi connectivity index (χ2n) is 12.3. The maximum absolute atomic E-state index is 10.6. The van der Waals surface area contributed by atoms with Crippen LogP contribution >= 0.6 is 22.4 Å². The third-order valence-electron chi connectivity index (χ3n) is 8.25. The minimum absolute atomic E-state index is 0.0847. The lowest BCUT2D eigenvalue weighted by molar-refractivity contribution is 0.311. The summed E-state index contributed by atoms with van der Waals surface area (Å²) in [5.41, 5.74) is 0. The predicted octanol–water partition coefficient (Wildman–Crippen LogP) is 12.0. The first-order valence-corrected chi connectivity index (χ1v) is 22.1. The maximum atomic E-state index is 10.6. The summed E-state index contributed by atoms with van der Waals surface area (Å²) in [4.78, 5) is 0. The van der Waals surface area contributed by atoms with Gasteiger partial charge in [-0.15, -0.1) is 4.52 Å². The van der Waals surface area contributed by atoms with Crippen molar-refractivity contribution in [1.82, 2.24) is 0 Å². The molecule has 2 aliphatic heterocycles. The zero-order valence-electron chi connectivity index (χ0n) is 28.9. The fraction of sp³-hybridized carbons (Fsp3) is 0.100. The Morgan fingerprint density at radius 3 is 1.35 bits per heavy atom. The summed E-state index contributed by atoms with van der Waals surface area (Å²) in [6.07, 6.45) is 0. The highest BCUT2D eigenvalue weighted by Crippen LogP contribution is 2.83. The SMILES string of the molecule is CC1N=P2(Oc3ccccc3)C(N=P(Oc3ccccc3)(Oc3ccccc3)N=P1(Oc1ccccc1)Oc1cc(O)cc(O)c1)C2Oc1ccccc1. The molecule has 8 rings (SSSR count). The fourth-order valence-corrected chi connectivity index (χ4v) is 15.8. The van der Waals surface area contributed by atoms with Crippen molar-refractivity contribution in [3.63, 3.8) is 0 Å². The van der Waals surface area contributed by atoms with Gasteiger partial charge in [0.15, 0.2) is 17.4 Å². The molecule has 6 aromatic carbocycles. The molecule has 1 fully saturated rings. The second-order valence-corrected chi connectivity index (χ2v) is 19.6. The number of hydrogen-bond donors (Lipinski definition) is 2. The zero-order valence-corrected chi connectivity index (χ0v) is 31.6. The van der Waals surface area contributed by atoms with Gasteiger partial charge in [0.05, 0.1) is 0 Å². The van der Waals surface area contributed by atoms with Crippen molar-refractivity contribution in [2.45, 2.75) is 24.3 Å². The van der Waals surface area contributed by atoms with Gasteiger partial charge < -0.3 is 37.6 Å². The molecule has 0 radical (unpaired) electrons. The lowest BCUT2D eigenvalue weighted by Crippen LogP contribution is -2.15. The Bertz CT molecular complexity index is 2320. The number of nitrogens with zero attached hydrogens (tertiary/aromatic N) is 3. The Morgan fingerprint density at radius 1 is 0.463 bits per heavy atom. The number of para-hydroxylation sites is 5. The third kappa shape index (κ3) is 7.71. The van der Waals surface area contributed by atoms with E-state index in [-0.39, 0.29) is 17.2 Å². The Morgan fingerprint density at radius 2 is 0.870 bits per heavy atom. The minimum Gasteiger partial charge on any atom is -0.508 e. The number of rotatable bonds is 12. The van der Waals surface area contributed by atoms with E-state index in [2.05, 4.69) is 0 Å². The van der Waals surface area contributed by atoms with E-state index in [1.54, 1.807) is 36.4 Å². The normalized spacial score (nSPS) is 23.6. The van der Waals surface area contributed by atoms with Crippen molar-refractivity contribution in [2.24, 2.45) is 14.0 Å². The molecule has 6 aromatic rings. The number of ether oxygens (including phenoxy) is 1. The standard InChI is InChI=1S/C40H36N3O8P3/c1-30-41-52(47-34-19-9-3-10-20-34)39(40(52)46-33-17-7-2-8-18-33)42-54(50-36-23-13-5-14-24-36,51-37-25-15-6-16-26-37)43-53(30,48-35-21-11-4-12-22-35)49-38-28-31(44)27-32(45)29-38/h2-30,39-40,44-45H,1H3. The monoisotopic (exact) mass is 779 g/mol. The summed E-state index contributed by atoms with van der Waals surface area (Å²) < 4.78 is 57.4. The van der Waals surface area contributed by atoms with Gasteiger partial charge in [0.25, 0.3) is 0 Å². The Hall–Kier alpha value is -5.59. The van der Waals surface area contributed by atoms with Gasteiger partial charge in [-0.2, -0.15) is 4.74 Å². The molecular weight excluding hydrogens is 743 g/mol. The lowest BCUT2D eigenvalue weighted by Gasteiger charge is -2.32. The number of hydrogen-bond acceptors (Lipinski definition) is 11. The molecule has 5 unspecified atom stereocenters. The van der Waals surface area contributed by atoms with Gasteiger partial charge in [-0.1, -0.05) is 91.0 Å². The molecule has 11 nitrogen and oxygen atoms in total. The Labute approximate surface area is 313 Å². The van der Waals surface area contributed by atoms with Crippen LogP contribution in [0.2, 0.25) is 0 Å². The quantitative estimate of drug-likeness (QED) is 0.117. The van der Waals surface area contributed by atoms with Gasteiger partial charge in [-0.3, -0.25) is 0 Å². The van der Waals surface area contributed by atoms with Crippen LogP contribution in [0, 0.1) is 0 Å². The molecule has 2 heterocycles. The molecule has 0 amide bonds. The topological polar surface area (TPSA) is 133 Å². The Kier molecular flexibility index (Phi) is 9.87. The first-order chi connectivity index (χ1) is 26.3. The first-order valence-electron chi connectivity index (χ1n) is 17.1. The first kappa shape index (κ1) is 35.4. The number of aromatic hydroxyl groups is 2. The predicted molar refractivity (Wildman–Crippen MR) is 211 cm³/mol. The van der Waals surface area contributed by atoms with Crippen molar-refractivity contribution < 1.29 is 37.6 Å². The van der Waals surface area contributed by atoms with Crippen LogP contribution < -0.4 is 27.4 Å². The molecule has 0 aliphatic carbocycles.